The van der Waals surface area contributed by atoms with Gasteiger partial charge in [0.2, 0.25) is 6.54 Å². The Morgan fingerprint density at radius 2 is 2.17 bits per heavy atom. The number of rotatable bonds is 4. The number of nitro groups is 1. The van der Waals surface area contributed by atoms with Crippen molar-refractivity contribution in [3.8, 4) is 0 Å². The maximum Gasteiger partial charge on any atom is 0.329 e. The van der Waals surface area contributed by atoms with Gasteiger partial charge in [0, 0.05) is 4.92 Å². The van der Waals surface area contributed by atoms with Crippen LogP contribution in [-0.4, -0.2) is 27.4 Å². The molecule has 12 heavy (non-hydrogen) atoms. The number of nitrogens with zero attached hydrogens (tertiary/aromatic N) is 1. The van der Waals surface area contributed by atoms with Crippen LogP contribution >= 0.6 is 7.60 Å². The van der Waals surface area contributed by atoms with Crippen molar-refractivity contribution in [2.45, 2.75) is 6.92 Å². The van der Waals surface area contributed by atoms with Crippen LogP contribution in [0, 0.1) is 10.1 Å². The van der Waals surface area contributed by atoms with E-state index in [1.54, 1.807) is 0 Å². The molecule has 0 aliphatic heterocycles. The second kappa shape index (κ2) is 4.35. The lowest BCUT2D eigenvalue weighted by molar-refractivity contribution is -0.470. The standard InChI is InChI=1S/C5H10NO5P/c1-5(4-6(7)8)2-3-12(9,10)11/h2H,3-4H2,1H3,(H2,9,10,11). The second-order valence-electron chi connectivity index (χ2n) is 2.39. The van der Waals surface area contributed by atoms with Crippen LogP contribution in [0.3, 0.4) is 0 Å². The van der Waals surface area contributed by atoms with Crippen LogP contribution in [0.25, 0.3) is 0 Å². The second-order valence-corrected chi connectivity index (χ2v) is 4.08. The molecular formula is C5H10NO5P. The molecule has 0 bridgehead atoms. The van der Waals surface area contributed by atoms with Crippen LogP contribution in [0.1, 0.15) is 6.92 Å². The fourth-order valence-corrected chi connectivity index (χ4v) is 1.09. The molecule has 0 aliphatic rings. The Balaban J connectivity index is 4.02. The molecule has 0 aromatic carbocycles. The van der Waals surface area contributed by atoms with Gasteiger partial charge in [0.05, 0.1) is 6.16 Å². The topological polar surface area (TPSA) is 101 Å². The maximum absolute atomic E-state index is 10.3. The van der Waals surface area contributed by atoms with E-state index in [1.165, 1.54) is 13.0 Å². The molecule has 0 amide bonds. The zero-order valence-corrected chi connectivity index (χ0v) is 7.40. The summed E-state index contributed by atoms with van der Waals surface area (Å²) in [5.41, 5.74) is 0.350. The van der Waals surface area contributed by atoms with Gasteiger partial charge in [-0.3, -0.25) is 14.7 Å². The third-order valence-corrected chi connectivity index (χ3v) is 1.71. The van der Waals surface area contributed by atoms with Crippen molar-refractivity contribution in [3.05, 3.63) is 21.8 Å². The van der Waals surface area contributed by atoms with Crippen molar-refractivity contribution < 1.29 is 19.3 Å². The summed E-state index contributed by atoms with van der Waals surface area (Å²) in [4.78, 5) is 26.1. The van der Waals surface area contributed by atoms with Crippen LogP contribution in [0.15, 0.2) is 11.6 Å². The number of hydrogen-bond donors (Lipinski definition) is 2. The minimum absolute atomic E-state index is 0.350. The summed E-state index contributed by atoms with van der Waals surface area (Å²) in [6.07, 6.45) is 0.746. The number of allylic oxidation sites excluding steroid dienone is 1. The Morgan fingerprint density at radius 3 is 2.50 bits per heavy atom. The van der Waals surface area contributed by atoms with Gasteiger partial charge >= 0.3 is 7.60 Å². The van der Waals surface area contributed by atoms with Gasteiger partial charge in [-0.05, 0) is 12.5 Å². The molecule has 0 heterocycles. The Labute approximate surface area is 69.2 Å². The molecular weight excluding hydrogens is 185 g/mol. The molecule has 0 saturated carbocycles. The van der Waals surface area contributed by atoms with Crippen molar-refractivity contribution in [2.24, 2.45) is 0 Å². The molecule has 0 atom stereocenters. The van der Waals surface area contributed by atoms with E-state index in [0.717, 1.165) is 0 Å². The first kappa shape index (κ1) is 11.3. The SMILES string of the molecule is CC(=CCP(=O)(O)O)C[N+](=O)[O-]. The highest BCUT2D eigenvalue weighted by atomic mass is 31.2. The summed E-state index contributed by atoms with van der Waals surface area (Å²) in [5.74, 6) is 0. The predicted octanol–water partition coefficient (Wildman–Crippen LogP) is 0.387. The highest BCUT2D eigenvalue weighted by Gasteiger charge is 2.10. The van der Waals surface area contributed by atoms with Gasteiger partial charge in [-0.25, -0.2) is 0 Å². The summed E-state index contributed by atoms with van der Waals surface area (Å²) in [5, 5.41) is 9.90. The average Bonchev–Trinajstić information content (AvgIpc) is 1.80. The molecule has 0 aliphatic carbocycles. The molecule has 6 nitrogen and oxygen atoms in total. The van der Waals surface area contributed by atoms with E-state index in [0.29, 0.717) is 5.57 Å². The molecule has 70 valence electrons. The maximum atomic E-state index is 10.3. The zero-order chi connectivity index (χ0) is 9.78. The van der Waals surface area contributed by atoms with E-state index in [1.807, 2.05) is 0 Å². The van der Waals surface area contributed by atoms with E-state index in [-0.39, 0.29) is 6.54 Å². The van der Waals surface area contributed by atoms with Gasteiger partial charge in [0.1, 0.15) is 0 Å². The molecule has 7 heteroatoms. The quantitative estimate of drug-likeness (QED) is 0.292. The van der Waals surface area contributed by atoms with Crippen molar-refractivity contribution in [2.75, 3.05) is 12.7 Å². The summed E-state index contributed by atoms with van der Waals surface area (Å²) in [7, 11) is -4.06. The van der Waals surface area contributed by atoms with Gasteiger partial charge in [-0.2, -0.15) is 0 Å². The summed E-state index contributed by atoms with van der Waals surface area (Å²) >= 11 is 0. The molecule has 0 aromatic rings. The largest absolute Gasteiger partial charge is 0.329 e. The van der Waals surface area contributed by atoms with Crippen LogP contribution in [0.4, 0.5) is 0 Å². The highest BCUT2D eigenvalue weighted by Crippen LogP contribution is 2.34. The van der Waals surface area contributed by atoms with Crippen LogP contribution in [0.2, 0.25) is 0 Å². The van der Waals surface area contributed by atoms with Crippen molar-refractivity contribution in [1.82, 2.24) is 0 Å². The lowest BCUT2D eigenvalue weighted by Crippen LogP contribution is -2.02. The summed E-state index contributed by atoms with van der Waals surface area (Å²) < 4.78 is 10.3. The predicted molar refractivity (Wildman–Crippen MR) is 42.5 cm³/mol. The van der Waals surface area contributed by atoms with E-state index >= 15 is 0 Å². The zero-order valence-electron chi connectivity index (χ0n) is 6.51. The summed E-state index contributed by atoms with van der Waals surface area (Å²) in [6, 6.07) is 0. The lowest BCUT2D eigenvalue weighted by atomic mass is 10.3. The Hall–Kier alpha value is -0.710. The third kappa shape index (κ3) is 7.40. The Bertz CT molecular complexity index is 242. The van der Waals surface area contributed by atoms with Gasteiger partial charge in [-0.15, -0.1) is 0 Å². The van der Waals surface area contributed by atoms with Gasteiger partial charge in [-0.1, -0.05) is 6.08 Å². The molecule has 2 N–H and O–H groups in total. The molecule has 0 fully saturated rings. The van der Waals surface area contributed by atoms with Gasteiger partial charge in [0.15, 0.2) is 0 Å². The first-order valence-corrected chi connectivity index (χ1v) is 4.93. The smallest absolute Gasteiger partial charge is 0.324 e. The van der Waals surface area contributed by atoms with E-state index in [9.17, 15) is 14.7 Å². The fourth-order valence-electron chi connectivity index (χ4n) is 0.543. The molecule has 0 spiro atoms. The van der Waals surface area contributed by atoms with Crippen LogP contribution < -0.4 is 0 Å². The van der Waals surface area contributed by atoms with Crippen LogP contribution in [0.5, 0.6) is 0 Å². The highest BCUT2D eigenvalue weighted by molar-refractivity contribution is 7.51. The van der Waals surface area contributed by atoms with Gasteiger partial charge < -0.3 is 9.79 Å². The van der Waals surface area contributed by atoms with E-state index in [4.69, 9.17) is 9.79 Å². The molecule has 0 unspecified atom stereocenters. The van der Waals surface area contributed by atoms with Gasteiger partial charge in [0.25, 0.3) is 0 Å². The van der Waals surface area contributed by atoms with E-state index < -0.39 is 18.7 Å². The first-order chi connectivity index (χ1) is 5.31. The minimum Gasteiger partial charge on any atom is -0.324 e. The van der Waals surface area contributed by atoms with Crippen molar-refractivity contribution >= 4 is 7.60 Å². The monoisotopic (exact) mass is 195 g/mol. The van der Waals surface area contributed by atoms with Crippen molar-refractivity contribution in [1.29, 1.82) is 0 Å². The first-order valence-electron chi connectivity index (χ1n) is 3.13. The van der Waals surface area contributed by atoms with Crippen molar-refractivity contribution in [3.63, 3.8) is 0 Å². The third-order valence-electron chi connectivity index (χ3n) is 1.06. The number of hydrogen-bond acceptors (Lipinski definition) is 3. The normalized spacial score (nSPS) is 13.1. The molecule has 0 saturated heterocycles. The Morgan fingerprint density at radius 1 is 1.67 bits per heavy atom. The van der Waals surface area contributed by atoms with E-state index in [2.05, 4.69) is 0 Å². The summed E-state index contributed by atoms with van der Waals surface area (Å²) in [6.45, 7) is 1.08. The molecule has 0 rings (SSSR count). The average molecular weight is 195 g/mol. The van der Waals surface area contributed by atoms with Crippen LogP contribution in [-0.2, 0) is 4.57 Å². The fraction of sp³-hybridized carbons (Fsp3) is 0.600. The minimum atomic E-state index is -4.06. The molecule has 0 aromatic heterocycles. The Kier molecular flexibility index (Phi) is 4.09. The lowest BCUT2D eigenvalue weighted by Gasteiger charge is -1.98. The molecule has 0 radical (unpaired) electrons.